The van der Waals surface area contributed by atoms with Crippen LogP contribution < -0.4 is 11.3 Å². The molecule has 8 nitrogen and oxygen atoms in total. The zero-order valence-corrected chi connectivity index (χ0v) is 17.5. The number of H-pyrrole nitrogens is 1. The number of nitrogens with zero attached hydrogens (tertiary/aromatic N) is 4. The topological polar surface area (TPSA) is 112 Å². The van der Waals surface area contributed by atoms with E-state index < -0.39 is 8.32 Å². The third-order valence-electron chi connectivity index (χ3n) is 6.07. The molecule has 1 fully saturated rings. The number of aromatic nitrogens is 5. The first kappa shape index (κ1) is 19.0. The van der Waals surface area contributed by atoms with Crippen LogP contribution in [-0.4, -0.2) is 39.4 Å². The summed E-state index contributed by atoms with van der Waals surface area (Å²) in [5.41, 5.74) is 6.05. The average Bonchev–Trinajstić information content (AvgIpc) is 3.09. The number of hydrogen-bond acceptors (Lipinski definition) is 6. The number of nitrogen functional groups attached to an aromatic ring is 1. The minimum atomic E-state index is -1.93. The van der Waals surface area contributed by atoms with Crippen molar-refractivity contribution < 1.29 is 4.43 Å². The molecule has 26 heavy (non-hydrogen) atoms. The van der Waals surface area contributed by atoms with Crippen LogP contribution >= 0.6 is 0 Å². The van der Waals surface area contributed by atoms with Crippen LogP contribution in [0.25, 0.3) is 11.2 Å². The molecule has 3 N–H and O–H groups in total. The summed E-state index contributed by atoms with van der Waals surface area (Å²) in [5.74, 6) is 0.645. The molecule has 1 aliphatic rings. The van der Waals surface area contributed by atoms with Gasteiger partial charge in [-0.1, -0.05) is 39.3 Å². The quantitative estimate of drug-likeness (QED) is 0.791. The molecule has 0 aliphatic heterocycles. The van der Waals surface area contributed by atoms with Crippen molar-refractivity contribution in [3.8, 4) is 0 Å². The van der Waals surface area contributed by atoms with Gasteiger partial charge >= 0.3 is 0 Å². The highest BCUT2D eigenvalue weighted by Gasteiger charge is 2.45. The second-order valence-corrected chi connectivity index (χ2v) is 13.6. The lowest BCUT2D eigenvalue weighted by molar-refractivity contribution is 0.137. The molecule has 3 atom stereocenters. The van der Waals surface area contributed by atoms with Gasteiger partial charge in [0.25, 0.3) is 5.56 Å². The molecule has 0 saturated heterocycles. The lowest BCUT2D eigenvalue weighted by atomic mass is 10.1. The Labute approximate surface area is 154 Å². The Bertz CT molecular complexity index is 853. The molecule has 2 aromatic rings. The van der Waals surface area contributed by atoms with E-state index in [0.29, 0.717) is 11.6 Å². The molecule has 144 valence electrons. The van der Waals surface area contributed by atoms with Crippen LogP contribution in [0.15, 0.2) is 4.79 Å². The van der Waals surface area contributed by atoms with Crippen molar-refractivity contribution in [1.29, 1.82) is 0 Å². The first-order valence-electron chi connectivity index (χ1n) is 9.32. The first-order chi connectivity index (χ1) is 12.0. The minimum Gasteiger partial charge on any atom is -0.412 e. The van der Waals surface area contributed by atoms with Crippen LogP contribution in [0.1, 0.15) is 53.0 Å². The molecule has 0 unspecified atom stereocenters. The molecule has 9 heteroatoms. The largest absolute Gasteiger partial charge is 0.412 e. The first-order valence-corrected chi connectivity index (χ1v) is 12.2. The highest BCUT2D eigenvalue weighted by molar-refractivity contribution is 6.74. The van der Waals surface area contributed by atoms with Crippen molar-refractivity contribution in [3.63, 3.8) is 0 Å². The van der Waals surface area contributed by atoms with E-state index in [1.54, 1.807) is 4.68 Å². The maximum atomic E-state index is 12.1. The lowest BCUT2D eigenvalue weighted by Gasteiger charge is -2.39. The molecule has 1 aliphatic carbocycles. The SMILES string of the molecule is CC[C@H]1C[C@@H](n2nnc3c(=O)[nH]c(N)nc32)[C@H](O[Si](C)(C)C(C)(C)C)C1. The summed E-state index contributed by atoms with van der Waals surface area (Å²) in [5, 5.41) is 8.43. The van der Waals surface area contributed by atoms with E-state index in [-0.39, 0.29) is 34.2 Å². The number of rotatable bonds is 4. The number of nitrogens with two attached hydrogens (primary N) is 1. The fourth-order valence-corrected chi connectivity index (χ4v) is 4.79. The van der Waals surface area contributed by atoms with Crippen molar-refractivity contribution in [2.45, 2.75) is 77.2 Å². The predicted molar refractivity (Wildman–Crippen MR) is 104 cm³/mol. The van der Waals surface area contributed by atoms with E-state index >= 15 is 0 Å². The molecular formula is C17H30N6O2Si. The van der Waals surface area contributed by atoms with E-state index in [1.165, 1.54) is 0 Å². The minimum absolute atomic E-state index is 0.0211. The maximum absolute atomic E-state index is 12.1. The predicted octanol–water partition coefficient (Wildman–Crippen LogP) is 2.85. The zero-order valence-electron chi connectivity index (χ0n) is 16.5. The molecule has 0 aromatic carbocycles. The third kappa shape index (κ3) is 3.29. The second-order valence-electron chi connectivity index (χ2n) is 8.89. The number of aromatic amines is 1. The van der Waals surface area contributed by atoms with Crippen LogP contribution in [0, 0.1) is 5.92 Å². The van der Waals surface area contributed by atoms with Gasteiger partial charge in [0.15, 0.2) is 19.5 Å². The summed E-state index contributed by atoms with van der Waals surface area (Å²) in [6, 6.07) is 0.0211. The molecule has 0 amide bonds. The van der Waals surface area contributed by atoms with E-state index in [2.05, 4.69) is 61.1 Å². The number of fused-ring (bicyclic) bond motifs is 1. The molecule has 3 rings (SSSR count). The lowest BCUT2D eigenvalue weighted by Crippen LogP contribution is -2.45. The molecule has 1 saturated carbocycles. The molecule has 0 radical (unpaired) electrons. The van der Waals surface area contributed by atoms with Gasteiger partial charge in [0.05, 0.1) is 12.1 Å². The Morgan fingerprint density at radius 2 is 2.04 bits per heavy atom. The highest BCUT2D eigenvalue weighted by atomic mass is 28.4. The van der Waals surface area contributed by atoms with Crippen molar-refractivity contribution in [2.24, 2.45) is 5.92 Å². The van der Waals surface area contributed by atoms with Crippen molar-refractivity contribution >= 4 is 25.4 Å². The average molecular weight is 379 g/mol. The van der Waals surface area contributed by atoms with Gasteiger partial charge < -0.3 is 10.2 Å². The van der Waals surface area contributed by atoms with Crippen molar-refractivity contribution in [3.05, 3.63) is 10.4 Å². The summed E-state index contributed by atoms with van der Waals surface area (Å²) in [4.78, 5) is 18.8. The van der Waals surface area contributed by atoms with Crippen LogP contribution in [0.5, 0.6) is 0 Å². The van der Waals surface area contributed by atoms with E-state index in [4.69, 9.17) is 10.2 Å². The Hall–Kier alpha value is -1.74. The molecule has 0 spiro atoms. The van der Waals surface area contributed by atoms with Crippen molar-refractivity contribution in [2.75, 3.05) is 5.73 Å². The standard InChI is InChI=1S/C17H30N6O2Si/c1-7-10-8-11(12(9-10)25-26(5,6)17(2,3)4)23-14-13(21-22-23)15(24)20-16(18)19-14/h10-12H,7-9H2,1-6H3,(H3,18,19,20,24)/t10-,11+,12+/m0/s1. The second kappa shape index (κ2) is 6.45. The van der Waals surface area contributed by atoms with Crippen LogP contribution in [0.3, 0.4) is 0 Å². The molecule has 2 heterocycles. The van der Waals surface area contributed by atoms with Gasteiger partial charge in [-0.15, -0.1) is 5.10 Å². The van der Waals surface area contributed by atoms with Crippen LogP contribution in [0.4, 0.5) is 5.95 Å². The smallest absolute Gasteiger partial charge is 0.282 e. The van der Waals surface area contributed by atoms with Gasteiger partial charge in [0.2, 0.25) is 5.95 Å². The van der Waals surface area contributed by atoms with Crippen molar-refractivity contribution in [1.82, 2.24) is 25.0 Å². The van der Waals surface area contributed by atoms with Gasteiger partial charge in [-0.25, -0.2) is 4.68 Å². The Balaban J connectivity index is 2.00. The van der Waals surface area contributed by atoms with E-state index in [1.807, 2.05) is 0 Å². The maximum Gasteiger partial charge on any atom is 0.282 e. The Morgan fingerprint density at radius 1 is 1.35 bits per heavy atom. The van der Waals surface area contributed by atoms with E-state index in [9.17, 15) is 4.79 Å². The monoisotopic (exact) mass is 378 g/mol. The summed E-state index contributed by atoms with van der Waals surface area (Å²) in [6.07, 6.45) is 3.08. The Morgan fingerprint density at radius 3 is 2.65 bits per heavy atom. The summed E-state index contributed by atoms with van der Waals surface area (Å²) in [7, 11) is -1.93. The fourth-order valence-electron chi connectivity index (χ4n) is 3.43. The normalized spacial score (nSPS) is 24.5. The van der Waals surface area contributed by atoms with Crippen LogP contribution in [-0.2, 0) is 4.43 Å². The van der Waals surface area contributed by atoms with Gasteiger partial charge in [0, 0.05) is 0 Å². The zero-order chi connectivity index (χ0) is 19.3. The van der Waals surface area contributed by atoms with E-state index in [0.717, 1.165) is 19.3 Å². The molecule has 0 bridgehead atoms. The fraction of sp³-hybridized carbons (Fsp3) is 0.765. The highest BCUT2D eigenvalue weighted by Crippen LogP contribution is 2.44. The number of nitrogens with one attached hydrogen (secondary N) is 1. The number of anilines is 1. The van der Waals surface area contributed by atoms with Crippen LogP contribution in [0.2, 0.25) is 18.1 Å². The van der Waals surface area contributed by atoms with Gasteiger partial charge in [-0.2, -0.15) is 4.98 Å². The third-order valence-corrected chi connectivity index (χ3v) is 10.6. The summed E-state index contributed by atoms with van der Waals surface area (Å²) >= 11 is 0. The molecular weight excluding hydrogens is 348 g/mol. The number of hydrogen-bond donors (Lipinski definition) is 2. The van der Waals surface area contributed by atoms with Gasteiger partial charge in [-0.3, -0.25) is 9.78 Å². The summed E-state index contributed by atoms with van der Waals surface area (Å²) < 4.78 is 8.50. The Kier molecular flexibility index (Phi) is 4.72. The van der Waals surface area contributed by atoms with Gasteiger partial charge in [0.1, 0.15) is 0 Å². The molecule has 2 aromatic heterocycles. The summed E-state index contributed by atoms with van der Waals surface area (Å²) in [6.45, 7) is 13.5. The van der Waals surface area contributed by atoms with Gasteiger partial charge in [-0.05, 0) is 36.9 Å².